The number of carboxylic acids is 1. The number of ether oxygens (including phenoxy) is 2. The number of nitrogens with zero attached hydrogens (tertiary/aromatic N) is 1. The van der Waals surface area contributed by atoms with Crippen LogP contribution in [0.2, 0.25) is 0 Å². The Hall–Kier alpha value is -4.95. The molecular weight excluding hydrogens is 639 g/mol. The third-order valence-electron chi connectivity index (χ3n) is 7.43. The minimum atomic E-state index is -4.55. The predicted octanol–water partition coefficient (Wildman–Crippen LogP) is 6.44. The highest BCUT2D eigenvalue weighted by atomic mass is 32.2. The van der Waals surface area contributed by atoms with E-state index in [-0.39, 0.29) is 34.7 Å². The molecule has 0 bridgehead atoms. The first-order valence-electron chi connectivity index (χ1n) is 14.6. The number of sulfonamides is 1. The average molecular weight is 670 g/mol. The molecule has 0 unspecified atom stereocenters. The van der Waals surface area contributed by atoms with Crippen molar-refractivity contribution in [3.8, 4) is 17.4 Å². The summed E-state index contributed by atoms with van der Waals surface area (Å²) in [6.45, 7) is 0. The zero-order chi connectivity index (χ0) is 33.6. The molecule has 246 valence electrons. The molecule has 1 heterocycles. The number of halogens is 3. The molecule has 0 aliphatic heterocycles. The van der Waals surface area contributed by atoms with Gasteiger partial charge in [0.1, 0.15) is 11.5 Å². The number of carbonyl (C=O) groups excluding carboxylic acids is 1. The second-order valence-corrected chi connectivity index (χ2v) is 12.6. The van der Waals surface area contributed by atoms with Crippen LogP contribution in [-0.4, -0.2) is 42.5 Å². The molecule has 0 saturated heterocycles. The number of benzene rings is 3. The first kappa shape index (κ1) is 33.4. The molecule has 1 aromatic heterocycles. The zero-order valence-corrected chi connectivity index (χ0v) is 25.6. The largest absolute Gasteiger partial charge is 0.490 e. The summed E-state index contributed by atoms with van der Waals surface area (Å²) in [7, 11) is -3.97. The number of hydrogen-bond donors (Lipinski definition) is 3. The lowest BCUT2D eigenvalue weighted by Gasteiger charge is -2.29. The Morgan fingerprint density at radius 2 is 1.53 bits per heavy atom. The lowest BCUT2D eigenvalue weighted by Crippen LogP contribution is -2.39. The van der Waals surface area contributed by atoms with Gasteiger partial charge in [-0.1, -0.05) is 18.2 Å². The van der Waals surface area contributed by atoms with E-state index in [4.69, 9.17) is 9.47 Å². The second-order valence-electron chi connectivity index (χ2n) is 10.9. The van der Waals surface area contributed by atoms with Gasteiger partial charge in [-0.15, -0.1) is 0 Å². The van der Waals surface area contributed by atoms with Crippen molar-refractivity contribution in [3.05, 3.63) is 108 Å². The molecule has 4 aromatic rings. The fourth-order valence-corrected chi connectivity index (χ4v) is 6.35. The Balaban J connectivity index is 1.06. The van der Waals surface area contributed by atoms with Crippen molar-refractivity contribution in [2.24, 2.45) is 0 Å². The Morgan fingerprint density at radius 1 is 0.872 bits per heavy atom. The van der Waals surface area contributed by atoms with E-state index in [0.29, 0.717) is 48.6 Å². The molecule has 0 atom stereocenters. The van der Waals surface area contributed by atoms with Gasteiger partial charge in [0.05, 0.1) is 34.2 Å². The zero-order valence-electron chi connectivity index (χ0n) is 24.7. The summed E-state index contributed by atoms with van der Waals surface area (Å²) in [4.78, 5) is 27.8. The van der Waals surface area contributed by atoms with E-state index in [2.05, 4.69) is 15.0 Å². The van der Waals surface area contributed by atoms with E-state index < -0.39 is 33.6 Å². The second kappa shape index (κ2) is 14.2. The van der Waals surface area contributed by atoms with Crippen molar-refractivity contribution >= 4 is 27.6 Å². The Bertz CT molecular complexity index is 1810. The van der Waals surface area contributed by atoms with Crippen molar-refractivity contribution in [2.75, 3.05) is 5.32 Å². The molecule has 3 aromatic carbocycles. The van der Waals surface area contributed by atoms with E-state index in [0.717, 1.165) is 24.3 Å². The van der Waals surface area contributed by atoms with E-state index in [1.165, 1.54) is 18.3 Å². The fraction of sp³-hybridized carbons (Fsp3) is 0.242. The summed E-state index contributed by atoms with van der Waals surface area (Å²) < 4.78 is 78.2. The van der Waals surface area contributed by atoms with Gasteiger partial charge in [-0.25, -0.2) is 22.9 Å². The molecule has 5 rings (SSSR count). The third kappa shape index (κ3) is 9.08. The normalized spacial score (nSPS) is 16.7. The van der Waals surface area contributed by atoms with Crippen LogP contribution < -0.4 is 19.5 Å². The van der Waals surface area contributed by atoms with Crippen LogP contribution in [0.25, 0.3) is 0 Å². The molecule has 3 N–H and O–H groups in total. The van der Waals surface area contributed by atoms with Gasteiger partial charge in [0.15, 0.2) is 0 Å². The first-order valence-corrected chi connectivity index (χ1v) is 16.1. The maximum absolute atomic E-state index is 12.8. The van der Waals surface area contributed by atoms with Gasteiger partial charge in [-0.2, -0.15) is 13.2 Å². The van der Waals surface area contributed by atoms with Crippen LogP contribution in [-0.2, 0) is 27.4 Å². The molecule has 0 spiro atoms. The van der Waals surface area contributed by atoms with Crippen molar-refractivity contribution in [2.45, 2.75) is 55.3 Å². The van der Waals surface area contributed by atoms with Gasteiger partial charge in [0.25, 0.3) is 0 Å². The summed E-state index contributed by atoms with van der Waals surface area (Å²) in [5, 5.41) is 11.9. The van der Waals surface area contributed by atoms with Crippen LogP contribution in [0.5, 0.6) is 17.4 Å². The van der Waals surface area contributed by atoms with Crippen LogP contribution in [0.1, 0.15) is 47.2 Å². The SMILES string of the molecule is O=C(Cc1ccc(Oc2ccc(OC3CCC(NS(=O)(=O)c4ccc(C(F)(F)F)cc4)CC3)cc2)nc1)Nc1ccccc1C(=O)O. The third-order valence-corrected chi connectivity index (χ3v) is 8.97. The molecule has 10 nitrogen and oxygen atoms in total. The number of para-hydroxylation sites is 1. The van der Waals surface area contributed by atoms with Gasteiger partial charge in [0.2, 0.25) is 21.8 Å². The lowest BCUT2D eigenvalue weighted by atomic mass is 9.94. The number of amides is 1. The number of pyridine rings is 1. The monoisotopic (exact) mass is 669 g/mol. The molecular formula is C33H30F3N3O7S. The molecule has 1 amide bonds. The van der Waals surface area contributed by atoms with E-state index in [1.54, 1.807) is 48.5 Å². The van der Waals surface area contributed by atoms with Crippen molar-refractivity contribution in [3.63, 3.8) is 0 Å². The topological polar surface area (TPSA) is 144 Å². The Labute approximate surface area is 268 Å². The van der Waals surface area contributed by atoms with Crippen molar-refractivity contribution in [1.29, 1.82) is 0 Å². The maximum atomic E-state index is 12.8. The molecule has 1 aliphatic rings. The number of hydrogen-bond acceptors (Lipinski definition) is 7. The van der Waals surface area contributed by atoms with Crippen LogP contribution >= 0.6 is 0 Å². The quantitative estimate of drug-likeness (QED) is 0.166. The first-order chi connectivity index (χ1) is 22.4. The van der Waals surface area contributed by atoms with Crippen molar-refractivity contribution in [1.82, 2.24) is 9.71 Å². The minimum absolute atomic E-state index is 0.00549. The molecule has 1 aliphatic carbocycles. The van der Waals surface area contributed by atoms with Gasteiger partial charge in [-0.3, -0.25) is 4.79 Å². The molecule has 1 fully saturated rings. The summed E-state index contributed by atoms with van der Waals surface area (Å²) >= 11 is 0. The molecule has 47 heavy (non-hydrogen) atoms. The molecule has 0 radical (unpaired) electrons. The number of alkyl halides is 3. The summed E-state index contributed by atoms with van der Waals surface area (Å²) in [5.41, 5.74) is -0.106. The number of carbonyl (C=O) groups is 2. The van der Waals surface area contributed by atoms with Crippen LogP contribution in [0.15, 0.2) is 96.0 Å². The minimum Gasteiger partial charge on any atom is -0.490 e. The molecule has 14 heteroatoms. The van der Waals surface area contributed by atoms with E-state index >= 15 is 0 Å². The lowest BCUT2D eigenvalue weighted by molar-refractivity contribution is -0.137. The summed E-state index contributed by atoms with van der Waals surface area (Å²) in [6.07, 6.45) is -1.03. The maximum Gasteiger partial charge on any atom is 0.416 e. The van der Waals surface area contributed by atoms with E-state index in [1.807, 2.05) is 0 Å². The fourth-order valence-electron chi connectivity index (χ4n) is 5.04. The average Bonchev–Trinajstić information content (AvgIpc) is 3.03. The summed E-state index contributed by atoms with van der Waals surface area (Å²) in [6, 6.07) is 19.4. The number of aromatic carboxylic acids is 1. The van der Waals surface area contributed by atoms with Crippen LogP contribution in [0, 0.1) is 0 Å². The Kier molecular flexibility index (Phi) is 10.1. The predicted molar refractivity (Wildman–Crippen MR) is 165 cm³/mol. The number of carboxylic acid groups (broad SMARTS) is 1. The highest BCUT2D eigenvalue weighted by molar-refractivity contribution is 7.89. The van der Waals surface area contributed by atoms with Gasteiger partial charge in [-0.05, 0) is 91.9 Å². The Morgan fingerprint density at radius 3 is 2.15 bits per heavy atom. The van der Waals surface area contributed by atoms with Gasteiger partial charge >= 0.3 is 12.1 Å². The standard InChI is InChI=1S/C33H30F3N3O7S/c34-33(35,36)22-6-16-27(17-7-22)47(43,44)39-23-8-10-24(11-9-23)45-25-12-14-26(15-13-25)46-31-18-5-21(20-37-31)19-30(40)38-29-4-2-1-3-28(29)32(41)42/h1-7,12-18,20,23-24,39H,8-11,19H2,(H,38,40)(H,41,42). The molecule has 1 saturated carbocycles. The van der Waals surface area contributed by atoms with Crippen molar-refractivity contribution < 1.29 is 45.8 Å². The highest BCUT2D eigenvalue weighted by Gasteiger charge is 2.31. The number of rotatable bonds is 11. The van der Waals surface area contributed by atoms with E-state index in [9.17, 15) is 36.3 Å². The van der Waals surface area contributed by atoms with Crippen LogP contribution in [0.3, 0.4) is 0 Å². The summed E-state index contributed by atoms with van der Waals surface area (Å²) in [5.74, 6) is -0.126. The number of nitrogens with one attached hydrogen (secondary N) is 2. The number of aromatic nitrogens is 1. The van der Waals surface area contributed by atoms with Gasteiger partial charge in [0, 0.05) is 18.3 Å². The highest BCUT2D eigenvalue weighted by Crippen LogP contribution is 2.31. The van der Waals surface area contributed by atoms with Gasteiger partial charge < -0.3 is 19.9 Å². The number of anilines is 1. The van der Waals surface area contributed by atoms with Crippen LogP contribution in [0.4, 0.5) is 18.9 Å². The smallest absolute Gasteiger partial charge is 0.416 e.